The average molecular weight is 305 g/mol. The van der Waals surface area contributed by atoms with Crippen molar-refractivity contribution in [2.45, 2.75) is 13.1 Å². The van der Waals surface area contributed by atoms with Crippen molar-refractivity contribution in [3.8, 4) is 0 Å². The van der Waals surface area contributed by atoms with E-state index in [2.05, 4.69) is 10.5 Å². The van der Waals surface area contributed by atoms with Gasteiger partial charge in [0, 0.05) is 0 Å². The van der Waals surface area contributed by atoms with Gasteiger partial charge in [-0.3, -0.25) is 4.79 Å². The zero-order valence-corrected chi connectivity index (χ0v) is 10.8. The molecule has 1 aromatic heterocycles. The Morgan fingerprint density at radius 1 is 1.40 bits per heavy atom. The number of anilines is 1. The Morgan fingerprint density at radius 2 is 2.10 bits per heavy atom. The summed E-state index contributed by atoms with van der Waals surface area (Å²) in [4.78, 5) is 11.8. The average Bonchev–Trinajstić information content (AvgIpc) is 2.76. The number of aryl methyl sites for hydroxylation is 1. The third-order valence-corrected chi connectivity index (χ3v) is 2.85. The molecule has 0 aliphatic rings. The topological polar surface area (TPSA) is 55.1 Å². The van der Waals surface area contributed by atoms with Gasteiger partial charge in [-0.15, -0.1) is 0 Å². The molecule has 2 rings (SSSR count). The molecule has 0 unspecified atom stereocenters. The number of alkyl halides is 3. The lowest BCUT2D eigenvalue weighted by molar-refractivity contribution is -0.137. The van der Waals surface area contributed by atoms with Crippen molar-refractivity contribution in [1.82, 2.24) is 5.16 Å². The molecular weight excluding hydrogens is 297 g/mol. The molecular formula is C12H8ClF3N2O2. The number of halogens is 4. The first kappa shape index (κ1) is 14.4. The molecule has 2 aromatic rings. The summed E-state index contributed by atoms with van der Waals surface area (Å²) < 4.78 is 42.1. The largest absolute Gasteiger partial charge is 0.416 e. The summed E-state index contributed by atoms with van der Waals surface area (Å²) in [6.07, 6.45) is -3.28. The highest BCUT2D eigenvalue weighted by molar-refractivity contribution is 6.34. The molecule has 0 spiro atoms. The van der Waals surface area contributed by atoms with Crippen molar-refractivity contribution >= 4 is 23.2 Å². The number of carbonyl (C=O) groups is 1. The van der Waals surface area contributed by atoms with E-state index in [1.54, 1.807) is 0 Å². The lowest BCUT2D eigenvalue weighted by Crippen LogP contribution is -2.13. The van der Waals surface area contributed by atoms with Gasteiger partial charge in [0.25, 0.3) is 5.91 Å². The van der Waals surface area contributed by atoms with Crippen LogP contribution in [0.2, 0.25) is 5.02 Å². The van der Waals surface area contributed by atoms with Crippen LogP contribution in [0.25, 0.3) is 0 Å². The first-order valence-corrected chi connectivity index (χ1v) is 5.76. The summed E-state index contributed by atoms with van der Waals surface area (Å²) in [6.45, 7) is 1.54. The summed E-state index contributed by atoms with van der Waals surface area (Å²) in [7, 11) is 0. The molecule has 106 valence electrons. The number of hydrogen-bond acceptors (Lipinski definition) is 3. The van der Waals surface area contributed by atoms with Crippen molar-refractivity contribution in [3.63, 3.8) is 0 Å². The van der Waals surface area contributed by atoms with E-state index in [0.717, 1.165) is 18.2 Å². The second-order valence-corrected chi connectivity index (χ2v) is 4.35. The van der Waals surface area contributed by atoms with Gasteiger partial charge >= 0.3 is 6.18 Å². The molecule has 8 heteroatoms. The van der Waals surface area contributed by atoms with E-state index in [4.69, 9.17) is 16.1 Å². The number of nitrogens with zero attached hydrogens (tertiary/aromatic N) is 1. The highest BCUT2D eigenvalue weighted by Crippen LogP contribution is 2.33. The maximum atomic E-state index is 12.5. The Balaban J connectivity index is 2.23. The van der Waals surface area contributed by atoms with E-state index < -0.39 is 17.6 Å². The first-order chi connectivity index (χ1) is 9.29. The van der Waals surface area contributed by atoms with Gasteiger partial charge in [0.15, 0.2) is 0 Å². The Hall–Kier alpha value is -2.02. The fourth-order valence-electron chi connectivity index (χ4n) is 1.50. The van der Waals surface area contributed by atoms with Crippen molar-refractivity contribution in [2.24, 2.45) is 0 Å². The van der Waals surface area contributed by atoms with Crippen LogP contribution in [0.3, 0.4) is 0 Å². The molecule has 1 amide bonds. The zero-order chi connectivity index (χ0) is 14.9. The van der Waals surface area contributed by atoms with Crippen LogP contribution >= 0.6 is 11.6 Å². The van der Waals surface area contributed by atoms with Crippen LogP contribution in [-0.2, 0) is 6.18 Å². The van der Waals surface area contributed by atoms with E-state index in [1.165, 1.54) is 13.1 Å². The maximum Gasteiger partial charge on any atom is 0.416 e. The lowest BCUT2D eigenvalue weighted by atomic mass is 10.2. The van der Waals surface area contributed by atoms with Gasteiger partial charge in [0.2, 0.25) is 0 Å². The van der Waals surface area contributed by atoms with Crippen LogP contribution in [0.15, 0.2) is 28.9 Å². The van der Waals surface area contributed by atoms with Gasteiger partial charge < -0.3 is 9.84 Å². The summed E-state index contributed by atoms with van der Waals surface area (Å²) in [5.74, 6) is -0.268. The second kappa shape index (κ2) is 5.16. The standard InChI is InChI=1S/C12H8ClF3N2O2/c1-6-8(5-17-20-6)11(19)18-10-3-2-7(4-9(10)13)12(14,15)16/h2-5H,1H3,(H,18,19). The van der Waals surface area contributed by atoms with Crippen LogP contribution in [0.4, 0.5) is 18.9 Å². The fraction of sp³-hybridized carbons (Fsp3) is 0.167. The van der Waals surface area contributed by atoms with Crippen LogP contribution in [0, 0.1) is 6.92 Å². The summed E-state index contributed by atoms with van der Waals surface area (Å²) >= 11 is 5.73. The highest BCUT2D eigenvalue weighted by atomic mass is 35.5. The van der Waals surface area contributed by atoms with Crippen molar-refractivity contribution in [3.05, 3.63) is 46.3 Å². The number of benzene rings is 1. The molecule has 1 N–H and O–H groups in total. The molecule has 0 saturated heterocycles. The van der Waals surface area contributed by atoms with Crippen molar-refractivity contribution in [2.75, 3.05) is 5.32 Å². The molecule has 4 nitrogen and oxygen atoms in total. The Kier molecular flexibility index (Phi) is 3.71. The SMILES string of the molecule is Cc1oncc1C(=O)Nc1ccc(C(F)(F)F)cc1Cl. The number of aromatic nitrogens is 1. The third-order valence-electron chi connectivity index (χ3n) is 2.54. The van der Waals surface area contributed by atoms with Crippen LogP contribution < -0.4 is 5.32 Å². The number of nitrogens with one attached hydrogen (secondary N) is 1. The monoisotopic (exact) mass is 304 g/mol. The van der Waals surface area contributed by atoms with Crippen LogP contribution in [0.1, 0.15) is 21.7 Å². The first-order valence-electron chi connectivity index (χ1n) is 5.38. The minimum atomic E-state index is -4.49. The number of hydrogen-bond donors (Lipinski definition) is 1. The molecule has 1 aromatic carbocycles. The molecule has 1 heterocycles. The van der Waals surface area contributed by atoms with Gasteiger partial charge in [0.05, 0.1) is 22.5 Å². The second-order valence-electron chi connectivity index (χ2n) is 3.94. The Morgan fingerprint density at radius 3 is 2.60 bits per heavy atom. The highest BCUT2D eigenvalue weighted by Gasteiger charge is 2.31. The van der Waals surface area contributed by atoms with Gasteiger partial charge in [-0.25, -0.2) is 0 Å². The number of carbonyl (C=O) groups excluding carboxylic acids is 1. The zero-order valence-electron chi connectivity index (χ0n) is 10.1. The van der Waals surface area contributed by atoms with E-state index in [9.17, 15) is 18.0 Å². The van der Waals surface area contributed by atoms with Crippen LogP contribution in [0.5, 0.6) is 0 Å². The summed E-state index contributed by atoms with van der Waals surface area (Å²) in [6, 6.07) is 2.67. The van der Waals surface area contributed by atoms with E-state index in [-0.39, 0.29) is 16.3 Å². The predicted molar refractivity (Wildman–Crippen MR) is 65.6 cm³/mol. The van der Waals surface area contributed by atoms with Gasteiger partial charge in [-0.05, 0) is 25.1 Å². The smallest absolute Gasteiger partial charge is 0.361 e. The molecule has 0 radical (unpaired) electrons. The van der Waals surface area contributed by atoms with Gasteiger partial charge in [-0.2, -0.15) is 13.2 Å². The maximum absolute atomic E-state index is 12.5. The minimum Gasteiger partial charge on any atom is -0.361 e. The fourth-order valence-corrected chi connectivity index (χ4v) is 1.73. The molecule has 0 aliphatic heterocycles. The quantitative estimate of drug-likeness (QED) is 0.915. The Labute approximate surface area is 116 Å². The normalized spacial score (nSPS) is 11.4. The van der Waals surface area contributed by atoms with Crippen molar-refractivity contribution < 1.29 is 22.5 Å². The predicted octanol–water partition coefficient (Wildman–Crippen LogP) is 3.91. The molecule has 0 bridgehead atoms. The van der Waals surface area contributed by atoms with E-state index in [1.807, 2.05) is 0 Å². The molecule has 0 fully saturated rings. The van der Waals surface area contributed by atoms with E-state index >= 15 is 0 Å². The minimum absolute atomic E-state index is 0.0743. The van der Waals surface area contributed by atoms with Gasteiger partial charge in [-0.1, -0.05) is 16.8 Å². The molecule has 0 saturated carbocycles. The summed E-state index contributed by atoms with van der Waals surface area (Å²) in [5.41, 5.74) is -0.632. The molecule has 0 atom stereocenters. The molecule has 20 heavy (non-hydrogen) atoms. The van der Waals surface area contributed by atoms with Crippen LogP contribution in [-0.4, -0.2) is 11.1 Å². The van der Waals surface area contributed by atoms with Gasteiger partial charge in [0.1, 0.15) is 11.3 Å². The van der Waals surface area contributed by atoms with Crippen molar-refractivity contribution in [1.29, 1.82) is 0 Å². The van der Waals surface area contributed by atoms with E-state index in [0.29, 0.717) is 5.76 Å². The third kappa shape index (κ3) is 2.93. The molecule has 0 aliphatic carbocycles. The Bertz CT molecular complexity index is 652. The summed E-state index contributed by atoms with van der Waals surface area (Å²) in [5, 5.41) is 5.62. The number of rotatable bonds is 2. The lowest BCUT2D eigenvalue weighted by Gasteiger charge is -2.10. The number of amides is 1.